The average Bonchev–Trinajstić information content (AvgIpc) is 3.26. The van der Waals surface area contributed by atoms with Crippen LogP contribution in [0.3, 0.4) is 0 Å². The van der Waals surface area contributed by atoms with E-state index in [1.54, 1.807) is 0 Å². The quantitative estimate of drug-likeness (QED) is 0.622. The molecular weight excluding hydrogens is 414 g/mol. The summed E-state index contributed by atoms with van der Waals surface area (Å²) < 4.78 is 7.05. The van der Waals surface area contributed by atoms with Gasteiger partial charge in [0.05, 0.1) is 29.5 Å². The third kappa shape index (κ3) is 2.54. The van der Waals surface area contributed by atoms with Crippen LogP contribution in [0.15, 0.2) is 60.0 Å². The van der Waals surface area contributed by atoms with Crippen molar-refractivity contribution < 1.29 is 20.1 Å². The van der Waals surface area contributed by atoms with E-state index in [0.717, 1.165) is 35.6 Å². The number of aromatic nitrogens is 1. The highest BCUT2D eigenvalue weighted by atomic mass is 16.5. The van der Waals surface area contributed by atoms with E-state index in [1.165, 1.54) is 11.1 Å². The zero-order valence-corrected chi connectivity index (χ0v) is 18.9. The molecule has 1 aromatic carbocycles. The molecule has 0 amide bonds. The van der Waals surface area contributed by atoms with Crippen LogP contribution in [-0.2, 0) is 4.74 Å². The van der Waals surface area contributed by atoms with Gasteiger partial charge < -0.3 is 20.1 Å². The number of pyridine rings is 1. The predicted molar refractivity (Wildman–Crippen MR) is 125 cm³/mol. The number of aliphatic hydroxyl groups excluding tert-OH is 3. The van der Waals surface area contributed by atoms with Gasteiger partial charge in [-0.05, 0) is 71.7 Å². The molecule has 2 aromatic rings. The molecule has 33 heavy (non-hydrogen) atoms. The third-order valence-corrected chi connectivity index (χ3v) is 9.81. The van der Waals surface area contributed by atoms with Gasteiger partial charge in [-0.1, -0.05) is 31.2 Å². The van der Waals surface area contributed by atoms with Crippen LogP contribution in [0.25, 0.3) is 10.8 Å². The van der Waals surface area contributed by atoms with Crippen molar-refractivity contribution >= 4 is 10.8 Å². The van der Waals surface area contributed by atoms with Crippen molar-refractivity contribution in [2.75, 3.05) is 0 Å². The molecular formula is C28H31NO4. The van der Waals surface area contributed by atoms with Gasteiger partial charge >= 0.3 is 0 Å². The molecule has 8 atom stereocenters. The van der Waals surface area contributed by atoms with Crippen LogP contribution in [-0.4, -0.2) is 49.8 Å². The molecule has 3 fully saturated rings. The van der Waals surface area contributed by atoms with Gasteiger partial charge in [0.15, 0.2) is 0 Å². The van der Waals surface area contributed by atoms with Crippen LogP contribution in [0.2, 0.25) is 0 Å². The fourth-order valence-electron chi connectivity index (χ4n) is 8.27. The van der Waals surface area contributed by atoms with Gasteiger partial charge in [0.25, 0.3) is 0 Å². The molecule has 2 aliphatic heterocycles. The summed E-state index contributed by atoms with van der Waals surface area (Å²) in [4.78, 5) is 4.29. The Labute approximate surface area is 193 Å². The van der Waals surface area contributed by atoms with Crippen molar-refractivity contribution in [2.24, 2.45) is 11.3 Å². The summed E-state index contributed by atoms with van der Waals surface area (Å²) in [5.74, 6) is 0.235. The van der Waals surface area contributed by atoms with Gasteiger partial charge in [-0.2, -0.15) is 0 Å². The van der Waals surface area contributed by atoms with E-state index in [4.69, 9.17) is 4.74 Å². The summed E-state index contributed by atoms with van der Waals surface area (Å²) in [6.45, 7) is 2.33. The molecule has 3 aliphatic carbocycles. The van der Waals surface area contributed by atoms with Crippen molar-refractivity contribution in [2.45, 2.75) is 80.9 Å². The number of aliphatic hydroxyl groups is 3. The van der Waals surface area contributed by atoms with Crippen LogP contribution >= 0.6 is 0 Å². The molecule has 7 rings (SSSR count). The second-order valence-corrected chi connectivity index (χ2v) is 11.4. The maximum atomic E-state index is 11.4. The first-order valence-electron chi connectivity index (χ1n) is 12.3. The number of rotatable bonds is 1. The third-order valence-electron chi connectivity index (χ3n) is 9.81. The molecule has 172 valence electrons. The van der Waals surface area contributed by atoms with Gasteiger partial charge in [0, 0.05) is 36.0 Å². The van der Waals surface area contributed by atoms with Crippen LogP contribution in [0.1, 0.15) is 56.9 Å². The Kier molecular flexibility index (Phi) is 4.03. The molecule has 1 saturated heterocycles. The molecule has 2 saturated carbocycles. The first-order chi connectivity index (χ1) is 15.8. The number of fused-ring (bicyclic) bond motifs is 2. The van der Waals surface area contributed by atoms with E-state index in [9.17, 15) is 15.3 Å². The molecule has 2 bridgehead atoms. The summed E-state index contributed by atoms with van der Waals surface area (Å²) in [6, 6.07) is 8.55. The normalized spacial score (nSPS) is 45.8. The molecule has 1 aromatic heterocycles. The zero-order chi connectivity index (χ0) is 22.6. The minimum atomic E-state index is -0.745. The monoisotopic (exact) mass is 445 g/mol. The van der Waals surface area contributed by atoms with E-state index >= 15 is 0 Å². The number of benzene rings is 1. The molecule has 3 heterocycles. The Balaban J connectivity index is 1.32. The minimum absolute atomic E-state index is 0.0311. The SMILES string of the molecule is C[C@]12CC=C3C=C4C[C@@H](O)[C@@H](O)C[C@]45CCC3(O5)[C@@H]1C[C@@H](O)C2c1ccc2ccncc2c1. The maximum absolute atomic E-state index is 11.4. The van der Waals surface area contributed by atoms with Gasteiger partial charge in [-0.15, -0.1) is 0 Å². The largest absolute Gasteiger partial charge is 0.392 e. The van der Waals surface area contributed by atoms with Crippen molar-refractivity contribution in [3.63, 3.8) is 0 Å². The average molecular weight is 446 g/mol. The van der Waals surface area contributed by atoms with Gasteiger partial charge in [0.1, 0.15) is 0 Å². The van der Waals surface area contributed by atoms with Crippen LogP contribution in [0.5, 0.6) is 0 Å². The molecule has 5 nitrogen and oxygen atoms in total. The molecule has 5 aliphatic rings. The van der Waals surface area contributed by atoms with E-state index in [-0.39, 0.29) is 17.3 Å². The summed E-state index contributed by atoms with van der Waals surface area (Å²) in [5.41, 5.74) is 2.55. The van der Waals surface area contributed by atoms with Gasteiger partial charge in [0.2, 0.25) is 0 Å². The van der Waals surface area contributed by atoms with E-state index in [1.807, 2.05) is 18.5 Å². The standard InChI is InChI=1S/C28H31NO4/c1-26-6-4-19-11-20-12-21(30)23(32)14-27(20)7-8-28(19,33-27)24(26)13-22(31)25(26)17-3-2-16-5-9-29-15-18(16)10-17/h2-5,9-11,15,21-25,30-32H,6-8,12-14H2,1H3/t21-,22-,23+,24-,25?,26+,27-,28?/m1/s1. The van der Waals surface area contributed by atoms with Crippen LogP contribution in [0, 0.1) is 11.3 Å². The Morgan fingerprint density at radius 3 is 2.79 bits per heavy atom. The molecule has 0 radical (unpaired) electrons. The van der Waals surface area contributed by atoms with Crippen molar-refractivity contribution in [1.29, 1.82) is 0 Å². The van der Waals surface area contributed by atoms with Crippen LogP contribution < -0.4 is 0 Å². The van der Waals surface area contributed by atoms with E-state index in [2.05, 4.69) is 42.3 Å². The Morgan fingerprint density at radius 1 is 1.03 bits per heavy atom. The summed E-state index contributed by atoms with van der Waals surface area (Å²) in [6.07, 6.45) is 10.8. The number of nitrogens with zero attached hydrogens (tertiary/aromatic N) is 1. The smallest absolute Gasteiger partial charge is 0.0975 e. The second-order valence-electron chi connectivity index (χ2n) is 11.4. The number of hydrogen-bond donors (Lipinski definition) is 3. The fraction of sp³-hybridized carbons (Fsp3) is 0.536. The molecule has 3 N–H and O–H groups in total. The van der Waals surface area contributed by atoms with Crippen molar-refractivity contribution in [3.05, 3.63) is 65.5 Å². The van der Waals surface area contributed by atoms with Crippen LogP contribution in [0.4, 0.5) is 0 Å². The first-order valence-corrected chi connectivity index (χ1v) is 12.3. The first kappa shape index (κ1) is 20.3. The topological polar surface area (TPSA) is 82.8 Å². The number of ether oxygens (including phenoxy) is 1. The van der Waals surface area contributed by atoms with Crippen molar-refractivity contribution in [1.82, 2.24) is 4.98 Å². The lowest BCUT2D eigenvalue weighted by atomic mass is 9.58. The van der Waals surface area contributed by atoms with E-state index < -0.39 is 29.5 Å². The molecule has 5 heteroatoms. The summed E-state index contributed by atoms with van der Waals surface area (Å²) in [7, 11) is 0. The Bertz CT molecular complexity index is 1220. The van der Waals surface area contributed by atoms with Crippen molar-refractivity contribution in [3.8, 4) is 0 Å². The minimum Gasteiger partial charge on any atom is -0.392 e. The van der Waals surface area contributed by atoms with E-state index in [0.29, 0.717) is 19.3 Å². The lowest BCUT2D eigenvalue weighted by molar-refractivity contribution is -0.157. The Hall–Kier alpha value is -2.05. The maximum Gasteiger partial charge on any atom is 0.0975 e. The number of hydrogen-bond acceptors (Lipinski definition) is 5. The predicted octanol–water partition coefficient (Wildman–Crippen LogP) is 3.78. The number of allylic oxidation sites excluding steroid dienone is 1. The fourth-order valence-corrected chi connectivity index (χ4v) is 8.27. The zero-order valence-electron chi connectivity index (χ0n) is 18.9. The summed E-state index contributed by atoms with van der Waals surface area (Å²) in [5, 5.41) is 34.5. The lowest BCUT2D eigenvalue weighted by Crippen LogP contribution is -2.55. The highest BCUT2D eigenvalue weighted by Gasteiger charge is 2.68. The molecule has 2 spiro atoms. The molecule has 2 unspecified atom stereocenters. The highest BCUT2D eigenvalue weighted by molar-refractivity contribution is 5.82. The Morgan fingerprint density at radius 2 is 1.91 bits per heavy atom. The van der Waals surface area contributed by atoms with Gasteiger partial charge in [-0.25, -0.2) is 0 Å². The second kappa shape index (κ2) is 6.54. The lowest BCUT2D eigenvalue weighted by Gasteiger charge is -2.54. The highest BCUT2D eigenvalue weighted by Crippen LogP contribution is 2.69. The van der Waals surface area contributed by atoms with Gasteiger partial charge in [-0.3, -0.25) is 4.98 Å². The summed E-state index contributed by atoms with van der Waals surface area (Å²) >= 11 is 0.